The maximum Gasteiger partial charge on any atom is 0.264 e. The third-order valence-electron chi connectivity index (χ3n) is 5.91. The van der Waals surface area contributed by atoms with Crippen molar-refractivity contribution in [3.63, 3.8) is 0 Å². The van der Waals surface area contributed by atoms with Crippen LogP contribution in [-0.4, -0.2) is 42.4 Å². The molecule has 0 radical (unpaired) electrons. The zero-order valence-corrected chi connectivity index (χ0v) is 21.0. The van der Waals surface area contributed by atoms with Crippen LogP contribution in [0.15, 0.2) is 30.3 Å². The lowest BCUT2D eigenvalue weighted by Crippen LogP contribution is -2.36. The number of aryl methyl sites for hydroxylation is 1. The highest BCUT2D eigenvalue weighted by Crippen LogP contribution is 2.43. The van der Waals surface area contributed by atoms with E-state index >= 15 is 0 Å². The SMILES string of the molecule is Cc1ccc(Cl)c(Cl)c1.O=C(NSC1CC1)c1cc(C2CC2)c(CN2CCOCC2)cc1F. The third kappa shape index (κ3) is 7.33. The fraction of sp³-hybridized carbons (Fsp3) is 0.480. The first-order valence-corrected chi connectivity index (χ1v) is 13.0. The van der Waals surface area contributed by atoms with Crippen molar-refractivity contribution in [3.05, 3.63) is 68.4 Å². The van der Waals surface area contributed by atoms with Crippen LogP contribution in [0, 0.1) is 12.7 Å². The molecule has 5 rings (SSSR count). The van der Waals surface area contributed by atoms with Gasteiger partial charge >= 0.3 is 0 Å². The second kappa shape index (κ2) is 11.4. The van der Waals surface area contributed by atoms with Crippen LogP contribution < -0.4 is 4.72 Å². The minimum Gasteiger partial charge on any atom is -0.379 e. The zero-order chi connectivity index (χ0) is 23.4. The second-order valence-electron chi connectivity index (χ2n) is 8.86. The molecule has 2 aliphatic carbocycles. The lowest BCUT2D eigenvalue weighted by Gasteiger charge is -2.27. The number of amides is 1. The van der Waals surface area contributed by atoms with Crippen LogP contribution in [0.5, 0.6) is 0 Å². The van der Waals surface area contributed by atoms with Gasteiger partial charge in [0.05, 0.1) is 28.8 Å². The Balaban J connectivity index is 0.000000243. The highest BCUT2D eigenvalue weighted by molar-refractivity contribution is 7.98. The molecule has 0 atom stereocenters. The first-order valence-electron chi connectivity index (χ1n) is 11.4. The van der Waals surface area contributed by atoms with Crippen molar-refractivity contribution in [2.24, 2.45) is 0 Å². The highest BCUT2D eigenvalue weighted by atomic mass is 35.5. The number of ether oxygens (including phenoxy) is 1. The van der Waals surface area contributed by atoms with Gasteiger partial charge in [0.1, 0.15) is 5.82 Å². The smallest absolute Gasteiger partial charge is 0.264 e. The molecular formula is C25H29Cl2FN2O2S. The second-order valence-corrected chi connectivity index (χ2v) is 10.8. The van der Waals surface area contributed by atoms with E-state index in [1.807, 2.05) is 19.1 Å². The molecule has 0 bridgehead atoms. The van der Waals surface area contributed by atoms with Crippen molar-refractivity contribution in [1.29, 1.82) is 0 Å². The predicted octanol–water partition coefficient (Wildman–Crippen LogP) is 6.38. The standard InChI is InChI=1S/C18H23FN2O2S.C7H6Cl2/c19-17-9-13(11-21-5-7-23-8-6-21)15(12-1-2-12)10-16(17)18(22)20-24-14-3-4-14;1-5-2-3-6(8)7(9)4-5/h9-10,12,14H,1-8,11H2,(H,20,22);2-4H,1H3. The van der Waals surface area contributed by atoms with Crippen LogP contribution in [0.3, 0.4) is 0 Å². The Kier molecular flexibility index (Phi) is 8.58. The summed E-state index contributed by atoms with van der Waals surface area (Å²) in [5.41, 5.74) is 3.51. The molecule has 2 saturated carbocycles. The Bertz CT molecular complexity index is 993. The van der Waals surface area contributed by atoms with Gasteiger partial charge in [-0.3, -0.25) is 14.4 Å². The Labute approximate surface area is 209 Å². The number of carbonyl (C=O) groups excluding carboxylic acids is 1. The summed E-state index contributed by atoms with van der Waals surface area (Å²) in [5, 5.41) is 1.75. The van der Waals surface area contributed by atoms with Crippen molar-refractivity contribution in [2.75, 3.05) is 26.3 Å². The van der Waals surface area contributed by atoms with E-state index < -0.39 is 5.82 Å². The van der Waals surface area contributed by atoms with Crippen LogP contribution >= 0.6 is 35.1 Å². The number of nitrogens with zero attached hydrogens (tertiary/aromatic N) is 1. The van der Waals surface area contributed by atoms with Crippen molar-refractivity contribution in [1.82, 2.24) is 9.62 Å². The number of carbonyl (C=O) groups is 1. The molecular weight excluding hydrogens is 482 g/mol. The van der Waals surface area contributed by atoms with Crippen LogP contribution in [0.4, 0.5) is 4.39 Å². The van der Waals surface area contributed by atoms with Crippen LogP contribution in [0.2, 0.25) is 10.0 Å². The molecule has 8 heteroatoms. The number of halogens is 3. The van der Waals surface area contributed by atoms with Gasteiger partial charge in [-0.15, -0.1) is 0 Å². The van der Waals surface area contributed by atoms with E-state index in [4.69, 9.17) is 27.9 Å². The average molecular weight is 511 g/mol. The molecule has 3 fully saturated rings. The molecule has 1 N–H and O–H groups in total. The quantitative estimate of drug-likeness (QED) is 0.457. The van der Waals surface area contributed by atoms with E-state index in [0.29, 0.717) is 21.2 Å². The molecule has 178 valence electrons. The molecule has 0 spiro atoms. The molecule has 2 aromatic rings. The number of hydrogen-bond acceptors (Lipinski definition) is 4. The first kappa shape index (κ1) is 24.8. The summed E-state index contributed by atoms with van der Waals surface area (Å²) in [6.45, 7) is 5.95. The van der Waals surface area contributed by atoms with E-state index in [9.17, 15) is 9.18 Å². The van der Waals surface area contributed by atoms with E-state index in [1.54, 1.807) is 18.2 Å². The summed E-state index contributed by atoms with van der Waals surface area (Å²) in [4.78, 5) is 14.6. The summed E-state index contributed by atoms with van der Waals surface area (Å²) in [5.74, 6) is -0.218. The molecule has 4 nitrogen and oxygen atoms in total. The molecule has 3 aliphatic rings. The molecule has 1 aliphatic heterocycles. The molecule has 1 amide bonds. The van der Waals surface area contributed by atoms with Gasteiger partial charge in [-0.1, -0.05) is 29.3 Å². The fourth-order valence-corrected chi connectivity index (χ4v) is 4.80. The molecule has 1 saturated heterocycles. The largest absolute Gasteiger partial charge is 0.379 e. The van der Waals surface area contributed by atoms with Crippen molar-refractivity contribution < 1.29 is 13.9 Å². The van der Waals surface area contributed by atoms with Gasteiger partial charge in [-0.05, 0) is 91.4 Å². The monoisotopic (exact) mass is 510 g/mol. The lowest BCUT2D eigenvalue weighted by molar-refractivity contribution is 0.0340. The predicted molar refractivity (Wildman–Crippen MR) is 134 cm³/mol. The van der Waals surface area contributed by atoms with E-state index in [-0.39, 0.29) is 11.5 Å². The summed E-state index contributed by atoms with van der Waals surface area (Å²) in [7, 11) is 0. The van der Waals surface area contributed by atoms with Crippen molar-refractivity contribution >= 4 is 41.1 Å². The number of morpholine rings is 1. The maximum atomic E-state index is 14.5. The van der Waals surface area contributed by atoms with Gasteiger partial charge in [-0.2, -0.15) is 0 Å². The van der Waals surface area contributed by atoms with E-state index in [0.717, 1.165) is 75.2 Å². The minimum atomic E-state index is -0.406. The molecule has 0 aromatic heterocycles. The van der Waals surface area contributed by atoms with Gasteiger partial charge in [-0.25, -0.2) is 4.39 Å². The molecule has 0 unspecified atom stereocenters. The van der Waals surface area contributed by atoms with Crippen LogP contribution in [-0.2, 0) is 11.3 Å². The van der Waals surface area contributed by atoms with Gasteiger partial charge in [0, 0.05) is 24.9 Å². The van der Waals surface area contributed by atoms with Crippen LogP contribution in [0.25, 0.3) is 0 Å². The van der Waals surface area contributed by atoms with Crippen LogP contribution in [0.1, 0.15) is 58.6 Å². The highest BCUT2D eigenvalue weighted by Gasteiger charge is 2.30. The number of benzene rings is 2. The summed E-state index contributed by atoms with van der Waals surface area (Å²) >= 11 is 12.8. The lowest BCUT2D eigenvalue weighted by atomic mass is 9.98. The Morgan fingerprint density at radius 2 is 1.85 bits per heavy atom. The molecule has 33 heavy (non-hydrogen) atoms. The third-order valence-corrected chi connectivity index (χ3v) is 7.75. The first-order chi connectivity index (χ1) is 15.9. The maximum absolute atomic E-state index is 14.5. The van der Waals surface area contributed by atoms with Gasteiger partial charge < -0.3 is 4.74 Å². The normalized spacial score (nSPS) is 18.4. The molecule has 1 heterocycles. The summed E-state index contributed by atoms with van der Waals surface area (Å²) < 4.78 is 22.7. The number of rotatable bonds is 6. The molecule has 2 aromatic carbocycles. The Hall–Kier alpha value is -1.31. The summed E-state index contributed by atoms with van der Waals surface area (Å²) in [6.07, 6.45) is 4.55. The van der Waals surface area contributed by atoms with Gasteiger partial charge in [0.25, 0.3) is 5.91 Å². The fourth-order valence-electron chi connectivity index (χ4n) is 3.70. The number of hydrogen-bond donors (Lipinski definition) is 1. The minimum absolute atomic E-state index is 0.191. The Morgan fingerprint density at radius 1 is 1.12 bits per heavy atom. The average Bonchev–Trinajstić information content (AvgIpc) is 3.70. The van der Waals surface area contributed by atoms with Gasteiger partial charge in [0.2, 0.25) is 0 Å². The Morgan fingerprint density at radius 3 is 2.45 bits per heavy atom. The van der Waals surface area contributed by atoms with E-state index in [1.165, 1.54) is 11.9 Å². The van der Waals surface area contributed by atoms with Crippen molar-refractivity contribution in [2.45, 2.75) is 50.3 Å². The zero-order valence-electron chi connectivity index (χ0n) is 18.7. The summed E-state index contributed by atoms with van der Waals surface area (Å²) in [6, 6.07) is 8.93. The van der Waals surface area contributed by atoms with Crippen molar-refractivity contribution in [3.8, 4) is 0 Å². The van der Waals surface area contributed by atoms with E-state index in [2.05, 4.69) is 9.62 Å². The number of nitrogens with one attached hydrogen (secondary N) is 1. The topological polar surface area (TPSA) is 41.6 Å². The van der Waals surface area contributed by atoms with Gasteiger partial charge in [0.15, 0.2) is 0 Å².